The van der Waals surface area contributed by atoms with Crippen LogP contribution in [0.3, 0.4) is 0 Å². The molecule has 0 spiro atoms. The van der Waals surface area contributed by atoms with Gasteiger partial charge < -0.3 is 14.2 Å². The number of rotatable bonds is 5. The SMILES string of the molecule is COC(=O)C1=C(C(=O)OC)[C@](C(=O)OC)(c2ccccc2)N[C@H]1c1ccccc1. The molecule has 0 aliphatic carbocycles. The first-order valence-electron chi connectivity index (χ1n) is 8.89. The Balaban J connectivity index is 2.38. The van der Waals surface area contributed by atoms with E-state index in [-0.39, 0.29) is 11.1 Å². The van der Waals surface area contributed by atoms with E-state index < -0.39 is 29.5 Å². The lowest BCUT2D eigenvalue weighted by molar-refractivity contribution is -0.150. The molecule has 2 aromatic rings. The minimum Gasteiger partial charge on any atom is -0.467 e. The molecule has 1 aliphatic rings. The highest BCUT2D eigenvalue weighted by Crippen LogP contribution is 2.46. The zero-order chi connectivity index (χ0) is 21.0. The lowest BCUT2D eigenvalue weighted by Crippen LogP contribution is -2.50. The average molecular weight is 395 g/mol. The molecule has 0 unspecified atom stereocenters. The topological polar surface area (TPSA) is 90.9 Å². The van der Waals surface area contributed by atoms with Crippen molar-refractivity contribution in [3.63, 3.8) is 0 Å². The van der Waals surface area contributed by atoms with Gasteiger partial charge in [0, 0.05) is 0 Å². The van der Waals surface area contributed by atoms with Crippen LogP contribution in [0.25, 0.3) is 0 Å². The van der Waals surface area contributed by atoms with E-state index in [0.717, 1.165) is 0 Å². The molecule has 7 heteroatoms. The fourth-order valence-electron chi connectivity index (χ4n) is 3.65. The first-order chi connectivity index (χ1) is 14.0. The first kappa shape index (κ1) is 20.3. The van der Waals surface area contributed by atoms with Crippen LogP contribution in [0.5, 0.6) is 0 Å². The molecule has 0 aromatic heterocycles. The minimum absolute atomic E-state index is 0.000182. The highest BCUT2D eigenvalue weighted by Gasteiger charge is 2.58. The molecule has 0 saturated heterocycles. The van der Waals surface area contributed by atoms with E-state index in [1.54, 1.807) is 54.6 Å². The van der Waals surface area contributed by atoms with Crippen molar-refractivity contribution in [2.24, 2.45) is 0 Å². The van der Waals surface area contributed by atoms with Gasteiger partial charge in [0.1, 0.15) is 0 Å². The normalized spacial score (nSPS) is 20.9. The van der Waals surface area contributed by atoms with Crippen molar-refractivity contribution >= 4 is 17.9 Å². The zero-order valence-electron chi connectivity index (χ0n) is 16.3. The van der Waals surface area contributed by atoms with Crippen LogP contribution in [-0.4, -0.2) is 39.2 Å². The predicted molar refractivity (Wildman–Crippen MR) is 104 cm³/mol. The number of hydrogen-bond donors (Lipinski definition) is 1. The smallest absolute Gasteiger partial charge is 0.337 e. The second-order valence-corrected chi connectivity index (χ2v) is 6.37. The monoisotopic (exact) mass is 395 g/mol. The molecule has 7 nitrogen and oxygen atoms in total. The van der Waals surface area contributed by atoms with Gasteiger partial charge in [0.25, 0.3) is 0 Å². The summed E-state index contributed by atoms with van der Waals surface area (Å²) in [5, 5.41) is 3.17. The fourth-order valence-corrected chi connectivity index (χ4v) is 3.65. The molecule has 0 fully saturated rings. The summed E-state index contributed by atoms with van der Waals surface area (Å²) in [7, 11) is 3.62. The summed E-state index contributed by atoms with van der Waals surface area (Å²) in [5.41, 5.74) is -0.783. The van der Waals surface area contributed by atoms with Gasteiger partial charge in [-0.05, 0) is 11.1 Å². The van der Waals surface area contributed by atoms with E-state index in [1.165, 1.54) is 21.3 Å². The maximum absolute atomic E-state index is 13.1. The third-order valence-electron chi connectivity index (χ3n) is 4.92. The Hall–Kier alpha value is -3.45. The highest BCUT2D eigenvalue weighted by atomic mass is 16.5. The Morgan fingerprint density at radius 2 is 1.34 bits per heavy atom. The van der Waals surface area contributed by atoms with E-state index in [1.807, 2.05) is 6.07 Å². The molecule has 3 rings (SSSR count). The van der Waals surface area contributed by atoms with Crippen LogP contribution in [0, 0.1) is 0 Å². The molecule has 0 radical (unpaired) electrons. The fraction of sp³-hybridized carbons (Fsp3) is 0.227. The number of hydrogen-bond acceptors (Lipinski definition) is 7. The van der Waals surface area contributed by atoms with E-state index in [4.69, 9.17) is 14.2 Å². The highest BCUT2D eigenvalue weighted by molar-refractivity contribution is 6.10. The Morgan fingerprint density at radius 1 is 0.793 bits per heavy atom. The van der Waals surface area contributed by atoms with Crippen LogP contribution in [-0.2, 0) is 34.1 Å². The average Bonchev–Trinajstić information content (AvgIpc) is 3.16. The summed E-state index contributed by atoms with van der Waals surface area (Å²) in [5.74, 6) is -2.32. The van der Waals surface area contributed by atoms with Crippen molar-refractivity contribution in [2.45, 2.75) is 11.6 Å². The summed E-state index contributed by atoms with van der Waals surface area (Å²) in [4.78, 5) is 38.8. The van der Waals surface area contributed by atoms with Crippen LogP contribution < -0.4 is 5.32 Å². The summed E-state index contributed by atoms with van der Waals surface area (Å²) in [6.45, 7) is 0. The number of nitrogens with one attached hydrogen (secondary N) is 1. The van der Waals surface area contributed by atoms with Gasteiger partial charge in [-0.1, -0.05) is 60.7 Å². The van der Waals surface area contributed by atoms with Crippen LogP contribution >= 0.6 is 0 Å². The summed E-state index contributed by atoms with van der Waals surface area (Å²) < 4.78 is 15.0. The van der Waals surface area contributed by atoms with Gasteiger partial charge >= 0.3 is 17.9 Å². The molecule has 29 heavy (non-hydrogen) atoms. The molecular formula is C22H21NO6. The van der Waals surface area contributed by atoms with Crippen molar-refractivity contribution in [3.05, 3.63) is 82.9 Å². The molecule has 0 bridgehead atoms. The van der Waals surface area contributed by atoms with Crippen molar-refractivity contribution in [1.82, 2.24) is 5.32 Å². The summed E-state index contributed by atoms with van der Waals surface area (Å²) in [6, 6.07) is 16.8. The maximum atomic E-state index is 13.1. The Bertz CT molecular complexity index is 954. The molecular weight excluding hydrogens is 374 g/mol. The molecule has 1 heterocycles. The minimum atomic E-state index is -1.74. The van der Waals surface area contributed by atoms with Gasteiger partial charge in [-0.2, -0.15) is 0 Å². The van der Waals surface area contributed by atoms with Crippen molar-refractivity contribution in [1.29, 1.82) is 0 Å². The van der Waals surface area contributed by atoms with Crippen molar-refractivity contribution < 1.29 is 28.6 Å². The van der Waals surface area contributed by atoms with Gasteiger partial charge in [-0.3, -0.25) is 5.32 Å². The van der Waals surface area contributed by atoms with Crippen molar-refractivity contribution in [2.75, 3.05) is 21.3 Å². The lowest BCUT2D eigenvalue weighted by atomic mass is 9.82. The van der Waals surface area contributed by atoms with Crippen LogP contribution in [0.15, 0.2) is 71.8 Å². The summed E-state index contributed by atoms with van der Waals surface area (Å²) in [6.07, 6.45) is 0. The number of carbonyl (C=O) groups excluding carboxylic acids is 3. The van der Waals surface area contributed by atoms with Crippen LogP contribution in [0.4, 0.5) is 0 Å². The van der Waals surface area contributed by atoms with Crippen LogP contribution in [0.2, 0.25) is 0 Å². The first-order valence-corrected chi connectivity index (χ1v) is 8.89. The Morgan fingerprint density at radius 3 is 1.86 bits per heavy atom. The van der Waals surface area contributed by atoms with E-state index in [0.29, 0.717) is 11.1 Å². The number of esters is 3. The molecule has 1 aliphatic heterocycles. The van der Waals surface area contributed by atoms with E-state index >= 15 is 0 Å². The van der Waals surface area contributed by atoms with Gasteiger partial charge in [0.15, 0.2) is 5.54 Å². The Labute approximate surface area is 168 Å². The molecule has 1 N–H and O–H groups in total. The van der Waals surface area contributed by atoms with Gasteiger partial charge in [-0.15, -0.1) is 0 Å². The van der Waals surface area contributed by atoms with Crippen LogP contribution in [0.1, 0.15) is 17.2 Å². The van der Waals surface area contributed by atoms with Gasteiger partial charge in [0.05, 0.1) is 38.5 Å². The third kappa shape index (κ3) is 3.30. The largest absolute Gasteiger partial charge is 0.467 e. The van der Waals surface area contributed by atoms with Crippen molar-refractivity contribution in [3.8, 4) is 0 Å². The van der Waals surface area contributed by atoms with E-state index in [2.05, 4.69) is 5.32 Å². The second kappa shape index (κ2) is 8.28. The number of carbonyl (C=O) groups is 3. The zero-order valence-corrected chi connectivity index (χ0v) is 16.3. The quantitative estimate of drug-likeness (QED) is 0.612. The number of benzene rings is 2. The molecule has 0 amide bonds. The molecule has 150 valence electrons. The number of methoxy groups -OCH3 is 3. The van der Waals surface area contributed by atoms with Gasteiger partial charge in [-0.25, -0.2) is 14.4 Å². The van der Waals surface area contributed by atoms with E-state index in [9.17, 15) is 14.4 Å². The molecule has 0 saturated carbocycles. The second-order valence-electron chi connectivity index (χ2n) is 6.37. The number of ether oxygens (including phenoxy) is 3. The third-order valence-corrected chi connectivity index (χ3v) is 4.92. The van der Waals surface area contributed by atoms with Gasteiger partial charge in [0.2, 0.25) is 0 Å². The maximum Gasteiger partial charge on any atom is 0.337 e. The standard InChI is InChI=1S/C22H21NO6/c1-27-19(24)16-17(20(25)28-2)22(21(26)29-3,15-12-8-5-9-13-15)23-18(16)14-10-6-4-7-11-14/h4-13,18,23H,1-3H3/t18-,22-/m0/s1. The molecule has 2 atom stereocenters. The predicted octanol–water partition coefficient (Wildman–Crippen LogP) is 2.04. The lowest BCUT2D eigenvalue weighted by Gasteiger charge is -2.30. The molecule has 2 aromatic carbocycles. The Kier molecular flexibility index (Phi) is 5.79. The summed E-state index contributed by atoms with van der Waals surface area (Å²) >= 11 is 0.